The van der Waals surface area contributed by atoms with Crippen LogP contribution in [-0.4, -0.2) is 4.92 Å². The van der Waals surface area contributed by atoms with Crippen molar-refractivity contribution in [2.45, 2.75) is 0 Å². The molecule has 0 aliphatic heterocycles. The van der Waals surface area contributed by atoms with E-state index in [1.807, 2.05) is 0 Å². The van der Waals surface area contributed by atoms with Gasteiger partial charge in [-0.25, -0.2) is 0 Å². The molecule has 0 aliphatic carbocycles. The van der Waals surface area contributed by atoms with Crippen molar-refractivity contribution in [3.05, 3.63) is 39.7 Å². The number of rotatable bonds is 2. The molecule has 1 aromatic carbocycles. The maximum Gasteiger partial charge on any atom is 0.306 e. The van der Waals surface area contributed by atoms with E-state index < -0.39 is 16.4 Å². The molecule has 6 heteroatoms. The lowest BCUT2D eigenvalue weighted by Gasteiger charge is -1.97. The van der Waals surface area contributed by atoms with Gasteiger partial charge in [-0.05, 0) is 12.1 Å². The number of halogens is 1. The number of benzene rings is 1. The molecule has 0 fully saturated rings. The second-order valence-corrected chi connectivity index (χ2v) is 1.99. The molecule has 5 nitrogen and oxygen atoms in total. The van der Waals surface area contributed by atoms with Crippen molar-refractivity contribution in [1.29, 1.82) is 0 Å². The molecule has 0 aromatic heterocycles. The molecule has 0 bridgehead atoms. The third-order valence-electron chi connectivity index (χ3n) is 1.24. The van der Waals surface area contributed by atoms with Crippen LogP contribution in [0.25, 0.3) is 5.53 Å². The van der Waals surface area contributed by atoms with Gasteiger partial charge in [0.15, 0.2) is 0 Å². The fourth-order valence-electron chi connectivity index (χ4n) is 0.703. The Morgan fingerprint density at radius 1 is 1.58 bits per heavy atom. The molecule has 0 aliphatic rings. The molecular formula is C6H3FN3O2-. The van der Waals surface area contributed by atoms with Crippen molar-refractivity contribution >= 4 is 11.4 Å². The first-order valence-corrected chi connectivity index (χ1v) is 2.94. The van der Waals surface area contributed by atoms with Crippen molar-refractivity contribution in [2.75, 3.05) is 0 Å². The SMILES string of the molecule is [N-]=Nc1ccc(F)c([N+](=O)[O-])c1. The minimum atomic E-state index is -0.951. The fraction of sp³-hybridized carbons (Fsp3) is 0. The van der Waals surface area contributed by atoms with Gasteiger partial charge in [-0.15, -0.1) is 0 Å². The van der Waals surface area contributed by atoms with Gasteiger partial charge in [0.05, 0.1) is 4.92 Å². The Morgan fingerprint density at radius 2 is 2.25 bits per heavy atom. The Kier molecular flexibility index (Phi) is 2.09. The summed E-state index contributed by atoms with van der Waals surface area (Å²) in [5, 5.41) is 12.8. The maximum atomic E-state index is 12.6. The summed E-state index contributed by atoms with van der Waals surface area (Å²) in [5.74, 6) is -0.951. The minimum Gasteiger partial charge on any atom is -0.706 e. The quantitative estimate of drug-likeness (QED) is 0.386. The first kappa shape index (κ1) is 8.25. The van der Waals surface area contributed by atoms with Gasteiger partial charge in [-0.3, -0.25) is 10.1 Å². The van der Waals surface area contributed by atoms with Crippen molar-refractivity contribution in [1.82, 2.24) is 0 Å². The van der Waals surface area contributed by atoms with E-state index in [0.29, 0.717) is 0 Å². The zero-order valence-electron chi connectivity index (χ0n) is 5.77. The summed E-state index contributed by atoms with van der Waals surface area (Å²) >= 11 is 0. The third kappa shape index (κ3) is 1.42. The minimum absolute atomic E-state index is 0.0527. The second-order valence-electron chi connectivity index (χ2n) is 1.99. The third-order valence-corrected chi connectivity index (χ3v) is 1.24. The topological polar surface area (TPSA) is 77.8 Å². The average Bonchev–Trinajstić information content (AvgIpc) is 2.05. The molecular weight excluding hydrogens is 165 g/mol. The number of nitro benzene ring substituents is 1. The summed E-state index contributed by atoms with van der Waals surface area (Å²) in [5.41, 5.74) is 7.46. The van der Waals surface area contributed by atoms with E-state index in [1.165, 1.54) is 0 Å². The molecule has 0 saturated heterocycles. The van der Waals surface area contributed by atoms with Gasteiger partial charge < -0.3 is 10.6 Å². The van der Waals surface area contributed by atoms with E-state index in [4.69, 9.17) is 5.53 Å². The number of nitro groups is 1. The lowest BCUT2D eigenvalue weighted by atomic mass is 10.3. The van der Waals surface area contributed by atoms with Gasteiger partial charge in [0.1, 0.15) is 0 Å². The highest BCUT2D eigenvalue weighted by atomic mass is 19.1. The molecule has 12 heavy (non-hydrogen) atoms. The van der Waals surface area contributed by atoms with Crippen LogP contribution in [0.2, 0.25) is 0 Å². The summed E-state index contributed by atoms with van der Waals surface area (Å²) in [4.78, 5) is 9.25. The standard InChI is InChI=1S/C6H3FN3O2/c7-5-2-1-4(9-8)3-6(5)10(11)12/h1-3H/q-1. The Balaban J connectivity index is 3.25. The molecule has 1 rings (SSSR count). The van der Waals surface area contributed by atoms with E-state index >= 15 is 0 Å². The van der Waals surface area contributed by atoms with Crippen molar-refractivity contribution in [2.24, 2.45) is 5.11 Å². The number of hydrogen-bond donors (Lipinski definition) is 0. The smallest absolute Gasteiger partial charge is 0.306 e. The molecule has 1 aromatic rings. The Hall–Kier alpha value is -1.85. The Morgan fingerprint density at radius 3 is 2.75 bits per heavy atom. The van der Waals surface area contributed by atoms with Gasteiger partial charge in [-0.2, -0.15) is 4.39 Å². The number of nitrogens with zero attached hydrogens (tertiary/aromatic N) is 3. The van der Waals surface area contributed by atoms with E-state index in [0.717, 1.165) is 18.2 Å². The zero-order chi connectivity index (χ0) is 9.14. The van der Waals surface area contributed by atoms with Crippen LogP contribution < -0.4 is 0 Å². The normalized spacial score (nSPS) is 9.42. The summed E-state index contributed by atoms with van der Waals surface area (Å²) in [6, 6.07) is 2.84. The van der Waals surface area contributed by atoms with Crippen LogP contribution in [0.5, 0.6) is 0 Å². The van der Waals surface area contributed by atoms with Crippen molar-refractivity contribution in [3.8, 4) is 0 Å². The molecule has 0 spiro atoms. The monoisotopic (exact) mass is 168 g/mol. The average molecular weight is 168 g/mol. The lowest BCUT2D eigenvalue weighted by molar-refractivity contribution is -0.387. The van der Waals surface area contributed by atoms with Crippen LogP contribution in [0.15, 0.2) is 23.3 Å². The first-order valence-electron chi connectivity index (χ1n) is 2.94. The molecule has 0 saturated carbocycles. The highest BCUT2D eigenvalue weighted by Crippen LogP contribution is 2.23. The predicted octanol–water partition coefficient (Wildman–Crippen LogP) is 2.39. The fourth-order valence-corrected chi connectivity index (χ4v) is 0.703. The summed E-state index contributed by atoms with van der Waals surface area (Å²) in [7, 11) is 0. The van der Waals surface area contributed by atoms with E-state index in [-0.39, 0.29) is 5.69 Å². The first-order chi connectivity index (χ1) is 5.65. The zero-order valence-corrected chi connectivity index (χ0v) is 5.77. The van der Waals surface area contributed by atoms with E-state index in [2.05, 4.69) is 5.11 Å². The second kappa shape index (κ2) is 3.04. The van der Waals surface area contributed by atoms with Gasteiger partial charge in [-0.1, -0.05) is 0 Å². The van der Waals surface area contributed by atoms with Gasteiger partial charge >= 0.3 is 5.69 Å². The maximum absolute atomic E-state index is 12.6. The highest BCUT2D eigenvalue weighted by Gasteiger charge is 2.12. The van der Waals surface area contributed by atoms with E-state index in [9.17, 15) is 14.5 Å². The molecule has 0 heterocycles. The lowest BCUT2D eigenvalue weighted by Crippen LogP contribution is -1.90. The summed E-state index contributed by atoms with van der Waals surface area (Å²) in [6.45, 7) is 0. The predicted molar refractivity (Wildman–Crippen MR) is 38.5 cm³/mol. The molecule has 0 atom stereocenters. The summed E-state index contributed by atoms with van der Waals surface area (Å²) < 4.78 is 12.6. The van der Waals surface area contributed by atoms with Gasteiger partial charge in [0.2, 0.25) is 5.82 Å². The molecule has 0 N–H and O–H groups in total. The molecule has 0 unspecified atom stereocenters. The van der Waals surface area contributed by atoms with E-state index in [1.54, 1.807) is 0 Å². The highest BCUT2D eigenvalue weighted by molar-refractivity contribution is 5.47. The Labute approximate surface area is 66.5 Å². The van der Waals surface area contributed by atoms with Gasteiger partial charge in [0.25, 0.3) is 0 Å². The van der Waals surface area contributed by atoms with Crippen LogP contribution in [0.1, 0.15) is 0 Å². The Bertz CT molecular complexity index is 340. The van der Waals surface area contributed by atoms with Gasteiger partial charge in [0, 0.05) is 11.8 Å². The molecule has 62 valence electrons. The van der Waals surface area contributed by atoms with Crippen LogP contribution in [0, 0.1) is 15.9 Å². The van der Waals surface area contributed by atoms with Crippen molar-refractivity contribution < 1.29 is 9.31 Å². The van der Waals surface area contributed by atoms with Crippen LogP contribution in [0.3, 0.4) is 0 Å². The number of hydrogen-bond acceptors (Lipinski definition) is 3. The molecule has 0 radical (unpaired) electrons. The van der Waals surface area contributed by atoms with Crippen LogP contribution in [-0.2, 0) is 0 Å². The van der Waals surface area contributed by atoms with Crippen LogP contribution in [0.4, 0.5) is 15.8 Å². The van der Waals surface area contributed by atoms with Crippen LogP contribution >= 0.6 is 0 Å². The molecule has 0 amide bonds. The summed E-state index contributed by atoms with van der Waals surface area (Å²) in [6.07, 6.45) is 0. The largest absolute Gasteiger partial charge is 0.706 e. The van der Waals surface area contributed by atoms with Crippen molar-refractivity contribution in [3.63, 3.8) is 0 Å².